The van der Waals surface area contributed by atoms with E-state index in [2.05, 4.69) is 28.2 Å². The van der Waals surface area contributed by atoms with E-state index in [9.17, 15) is 0 Å². The minimum atomic E-state index is 0. The van der Waals surface area contributed by atoms with Gasteiger partial charge in [-0.05, 0) is 31.2 Å². The van der Waals surface area contributed by atoms with Gasteiger partial charge in [-0.1, -0.05) is 12.1 Å². The van der Waals surface area contributed by atoms with E-state index in [0.29, 0.717) is 0 Å². The molecule has 0 atom stereocenters. The fraction of sp³-hybridized carbons (Fsp3) is 0.143. The molecular formula is C14H14N2OPd. The van der Waals surface area contributed by atoms with Gasteiger partial charge in [0.25, 0.3) is 0 Å². The molecule has 2 heterocycles. The molecule has 4 heteroatoms. The summed E-state index contributed by atoms with van der Waals surface area (Å²) in [4.78, 5) is 8.66. The summed E-state index contributed by atoms with van der Waals surface area (Å²) in [6, 6.07) is 12.1. The van der Waals surface area contributed by atoms with Crippen LogP contribution in [-0.4, -0.2) is 21.7 Å². The Kier molecular flexibility index (Phi) is 5.87. The number of aliphatic hydroxyl groups excluding tert-OH is 1. The van der Waals surface area contributed by atoms with Gasteiger partial charge < -0.3 is 5.11 Å². The maximum Gasteiger partial charge on any atom is 0.0795 e. The van der Waals surface area contributed by atoms with Crippen molar-refractivity contribution in [2.75, 3.05) is 6.61 Å². The Bertz CT molecular complexity index is 573. The fourth-order valence-corrected chi connectivity index (χ4v) is 1.70. The van der Waals surface area contributed by atoms with Crippen molar-refractivity contribution in [1.29, 1.82) is 0 Å². The molecule has 0 amide bonds. The van der Waals surface area contributed by atoms with Crippen molar-refractivity contribution in [1.82, 2.24) is 9.97 Å². The molecule has 0 radical (unpaired) electrons. The number of pyridine rings is 2. The average Bonchev–Trinajstić information content (AvgIpc) is 2.40. The molecule has 3 nitrogen and oxygen atoms in total. The van der Waals surface area contributed by atoms with Crippen LogP contribution in [0.15, 0.2) is 48.8 Å². The third kappa shape index (κ3) is 3.11. The predicted molar refractivity (Wildman–Crippen MR) is 69.8 cm³/mol. The summed E-state index contributed by atoms with van der Waals surface area (Å²) in [5.74, 6) is 0. The maximum absolute atomic E-state index is 7.57. The normalized spacial score (nSPS) is 9.44. The number of fused-ring (bicyclic) bond motifs is 3. The average molecular weight is 333 g/mol. The van der Waals surface area contributed by atoms with Crippen molar-refractivity contribution in [3.63, 3.8) is 0 Å². The summed E-state index contributed by atoms with van der Waals surface area (Å²) in [5.41, 5.74) is 2.02. The van der Waals surface area contributed by atoms with Crippen LogP contribution in [0, 0.1) is 0 Å². The van der Waals surface area contributed by atoms with Gasteiger partial charge in [-0.15, -0.1) is 0 Å². The summed E-state index contributed by atoms with van der Waals surface area (Å²) >= 11 is 0. The predicted octanol–water partition coefficient (Wildman–Crippen LogP) is 2.78. The van der Waals surface area contributed by atoms with Crippen LogP contribution in [0.2, 0.25) is 0 Å². The van der Waals surface area contributed by atoms with Crippen molar-refractivity contribution < 1.29 is 25.5 Å². The van der Waals surface area contributed by atoms with Gasteiger partial charge in [-0.2, -0.15) is 0 Å². The molecule has 0 saturated heterocycles. The van der Waals surface area contributed by atoms with Crippen LogP contribution in [0.1, 0.15) is 6.92 Å². The molecule has 0 saturated carbocycles. The summed E-state index contributed by atoms with van der Waals surface area (Å²) in [6.45, 7) is 1.93. The largest absolute Gasteiger partial charge is 0.397 e. The number of aromatic nitrogens is 2. The molecule has 0 aliphatic carbocycles. The topological polar surface area (TPSA) is 46.0 Å². The van der Waals surface area contributed by atoms with E-state index >= 15 is 0 Å². The number of hydrogen-bond donors (Lipinski definition) is 1. The summed E-state index contributed by atoms with van der Waals surface area (Å²) in [7, 11) is 0. The first-order valence-corrected chi connectivity index (χ1v) is 5.56. The van der Waals surface area contributed by atoms with Crippen LogP contribution >= 0.6 is 0 Å². The van der Waals surface area contributed by atoms with Crippen LogP contribution in [-0.2, 0) is 20.4 Å². The van der Waals surface area contributed by atoms with Crippen molar-refractivity contribution in [3.05, 3.63) is 48.8 Å². The van der Waals surface area contributed by atoms with E-state index < -0.39 is 0 Å². The molecule has 96 valence electrons. The Morgan fingerprint density at radius 1 is 1.00 bits per heavy atom. The molecular weight excluding hydrogens is 319 g/mol. The Morgan fingerprint density at radius 3 is 2.44 bits per heavy atom. The van der Waals surface area contributed by atoms with Crippen LogP contribution in [0.25, 0.3) is 21.8 Å². The molecule has 0 aliphatic rings. The van der Waals surface area contributed by atoms with Crippen molar-refractivity contribution in [3.8, 4) is 0 Å². The molecule has 1 aromatic carbocycles. The summed E-state index contributed by atoms with van der Waals surface area (Å²) < 4.78 is 0. The molecule has 0 fully saturated rings. The van der Waals surface area contributed by atoms with E-state index in [1.54, 1.807) is 13.1 Å². The molecule has 2 aromatic heterocycles. The van der Waals surface area contributed by atoms with Gasteiger partial charge in [0, 0.05) is 50.2 Å². The smallest absolute Gasteiger partial charge is 0.0795 e. The van der Waals surface area contributed by atoms with Crippen LogP contribution < -0.4 is 0 Å². The molecule has 0 aliphatic heterocycles. The van der Waals surface area contributed by atoms with Gasteiger partial charge in [0.15, 0.2) is 0 Å². The first-order chi connectivity index (χ1) is 8.36. The quantitative estimate of drug-likeness (QED) is 0.508. The zero-order chi connectivity index (χ0) is 12.1. The first-order valence-electron chi connectivity index (χ1n) is 5.56. The van der Waals surface area contributed by atoms with Gasteiger partial charge in [-0.3, -0.25) is 9.97 Å². The Balaban J connectivity index is 0.000000372. The van der Waals surface area contributed by atoms with Gasteiger partial charge in [0.05, 0.1) is 11.0 Å². The van der Waals surface area contributed by atoms with E-state index in [-0.39, 0.29) is 27.0 Å². The van der Waals surface area contributed by atoms with Gasteiger partial charge in [0.1, 0.15) is 0 Å². The van der Waals surface area contributed by atoms with E-state index in [1.807, 2.05) is 24.4 Å². The van der Waals surface area contributed by atoms with Crippen molar-refractivity contribution in [2.24, 2.45) is 0 Å². The number of nitrogens with zero attached hydrogens (tertiary/aromatic N) is 2. The minimum Gasteiger partial charge on any atom is -0.397 e. The standard InChI is InChI=1S/C12H8N2.C2H6O.Pd/c1-3-9-5-6-11-10(4-2-7-13-11)12(9)14-8-1;1-2-3;/h1-8H;3H,2H2,1H3;. The number of aliphatic hydroxyl groups is 1. The molecule has 3 rings (SSSR count). The number of hydrogen-bond acceptors (Lipinski definition) is 3. The Morgan fingerprint density at radius 2 is 1.67 bits per heavy atom. The number of rotatable bonds is 0. The van der Waals surface area contributed by atoms with E-state index in [4.69, 9.17) is 5.11 Å². The van der Waals surface area contributed by atoms with Gasteiger partial charge in [0.2, 0.25) is 0 Å². The molecule has 3 aromatic rings. The fourth-order valence-electron chi connectivity index (χ4n) is 1.70. The molecule has 0 spiro atoms. The second-order valence-corrected chi connectivity index (χ2v) is 3.53. The van der Waals surface area contributed by atoms with Crippen LogP contribution in [0.5, 0.6) is 0 Å². The van der Waals surface area contributed by atoms with Gasteiger partial charge in [-0.25, -0.2) is 0 Å². The maximum atomic E-state index is 7.57. The first kappa shape index (κ1) is 14.7. The van der Waals surface area contributed by atoms with Crippen molar-refractivity contribution in [2.45, 2.75) is 6.92 Å². The summed E-state index contributed by atoms with van der Waals surface area (Å²) in [6.07, 6.45) is 3.62. The monoisotopic (exact) mass is 332 g/mol. The molecule has 0 unspecified atom stereocenters. The minimum absolute atomic E-state index is 0. The van der Waals surface area contributed by atoms with Crippen molar-refractivity contribution >= 4 is 21.8 Å². The second-order valence-electron chi connectivity index (χ2n) is 3.53. The van der Waals surface area contributed by atoms with E-state index in [0.717, 1.165) is 21.8 Å². The third-order valence-corrected chi connectivity index (χ3v) is 2.35. The number of benzene rings is 1. The Labute approximate surface area is 120 Å². The zero-order valence-corrected chi connectivity index (χ0v) is 11.5. The van der Waals surface area contributed by atoms with Crippen LogP contribution in [0.4, 0.5) is 0 Å². The molecule has 0 bridgehead atoms. The van der Waals surface area contributed by atoms with Gasteiger partial charge >= 0.3 is 0 Å². The SMILES string of the molecule is CCO.[Pd].c1cnc2c(c1)ccc1ncccc12. The van der Waals surface area contributed by atoms with E-state index in [1.165, 1.54) is 0 Å². The second kappa shape index (κ2) is 7.18. The summed E-state index contributed by atoms with van der Waals surface area (Å²) in [5, 5.41) is 9.85. The Hall–Kier alpha value is -1.34. The van der Waals surface area contributed by atoms with Crippen LogP contribution in [0.3, 0.4) is 0 Å². The zero-order valence-electron chi connectivity index (χ0n) is 9.98. The molecule has 1 N–H and O–H groups in total. The molecule has 18 heavy (non-hydrogen) atoms. The third-order valence-electron chi connectivity index (χ3n) is 2.35.